The number of aryl methyl sites for hydroxylation is 2. The normalized spacial score (nSPS) is 10.7. The van der Waals surface area contributed by atoms with Gasteiger partial charge in [-0.2, -0.15) is 0 Å². The molecule has 16 heavy (non-hydrogen) atoms. The van der Waals surface area contributed by atoms with Gasteiger partial charge in [0.15, 0.2) is 0 Å². The molecule has 0 atom stereocenters. The molecule has 0 saturated carbocycles. The van der Waals surface area contributed by atoms with E-state index in [0.29, 0.717) is 5.69 Å². The molecule has 0 amide bonds. The van der Waals surface area contributed by atoms with Gasteiger partial charge in [-0.15, -0.1) is 0 Å². The third kappa shape index (κ3) is 1.69. The molecule has 0 fully saturated rings. The Bertz CT molecular complexity index is 593. The molecule has 3 nitrogen and oxygen atoms in total. The molecule has 82 valence electrons. The maximum atomic E-state index is 11.0. The highest BCUT2D eigenvalue weighted by atomic mass is 79.9. The first-order valence-electron chi connectivity index (χ1n) is 4.80. The summed E-state index contributed by atoms with van der Waals surface area (Å²) in [5, 5.41) is 9.85. The van der Waals surface area contributed by atoms with Crippen LogP contribution in [-0.4, -0.2) is 16.1 Å². The van der Waals surface area contributed by atoms with E-state index in [4.69, 9.17) is 5.11 Å². The van der Waals surface area contributed by atoms with Gasteiger partial charge in [-0.05, 0) is 31.5 Å². The third-order valence-electron chi connectivity index (χ3n) is 2.60. The summed E-state index contributed by atoms with van der Waals surface area (Å²) in [7, 11) is 0. The van der Waals surface area contributed by atoms with E-state index in [1.54, 1.807) is 13.0 Å². The Morgan fingerprint density at radius 1 is 1.38 bits per heavy atom. The number of aromatic nitrogens is 1. The van der Waals surface area contributed by atoms with Crippen LogP contribution in [-0.2, 0) is 0 Å². The van der Waals surface area contributed by atoms with Crippen molar-refractivity contribution in [1.82, 2.24) is 4.98 Å². The van der Waals surface area contributed by atoms with Crippen LogP contribution >= 0.6 is 15.9 Å². The molecule has 2 rings (SSSR count). The van der Waals surface area contributed by atoms with Crippen molar-refractivity contribution in [1.29, 1.82) is 0 Å². The lowest BCUT2D eigenvalue weighted by molar-refractivity contribution is 0.0696. The Morgan fingerprint density at radius 3 is 2.69 bits per heavy atom. The number of pyridine rings is 1. The lowest BCUT2D eigenvalue weighted by Gasteiger charge is -2.07. The van der Waals surface area contributed by atoms with E-state index in [0.717, 1.165) is 20.9 Å². The monoisotopic (exact) mass is 279 g/mol. The summed E-state index contributed by atoms with van der Waals surface area (Å²) in [6.07, 6.45) is 0. The van der Waals surface area contributed by atoms with Crippen molar-refractivity contribution in [3.05, 3.63) is 39.5 Å². The maximum absolute atomic E-state index is 11.0. The summed E-state index contributed by atoms with van der Waals surface area (Å²) in [6, 6.07) is 5.44. The predicted molar refractivity (Wildman–Crippen MR) is 65.9 cm³/mol. The lowest BCUT2D eigenvalue weighted by Crippen LogP contribution is -2.02. The van der Waals surface area contributed by atoms with Crippen LogP contribution in [0.5, 0.6) is 0 Å². The van der Waals surface area contributed by atoms with E-state index >= 15 is 0 Å². The van der Waals surface area contributed by atoms with Crippen LogP contribution in [0, 0.1) is 13.8 Å². The van der Waals surface area contributed by atoms with Crippen molar-refractivity contribution >= 4 is 32.8 Å². The number of halogens is 1. The van der Waals surface area contributed by atoms with Gasteiger partial charge in [-0.3, -0.25) is 4.98 Å². The van der Waals surface area contributed by atoms with Crippen molar-refractivity contribution in [2.24, 2.45) is 0 Å². The number of carboxylic acid groups (broad SMARTS) is 1. The van der Waals surface area contributed by atoms with E-state index in [9.17, 15) is 4.79 Å². The predicted octanol–water partition coefficient (Wildman–Crippen LogP) is 3.31. The fraction of sp³-hybridized carbons (Fsp3) is 0.167. The SMILES string of the molecule is Cc1nc2c(C)c(Br)ccc2cc1C(=O)O. The van der Waals surface area contributed by atoms with Gasteiger partial charge in [0.1, 0.15) is 0 Å². The Kier molecular flexibility index (Phi) is 2.68. The van der Waals surface area contributed by atoms with Crippen LogP contribution < -0.4 is 0 Å². The molecule has 4 heteroatoms. The average molecular weight is 280 g/mol. The summed E-state index contributed by atoms with van der Waals surface area (Å²) in [6.45, 7) is 3.67. The molecule has 0 saturated heterocycles. The van der Waals surface area contributed by atoms with Crippen molar-refractivity contribution < 1.29 is 9.90 Å². The van der Waals surface area contributed by atoms with E-state index in [1.165, 1.54) is 0 Å². The highest BCUT2D eigenvalue weighted by molar-refractivity contribution is 9.10. The second-order valence-corrected chi connectivity index (χ2v) is 4.52. The number of fused-ring (bicyclic) bond motifs is 1. The third-order valence-corrected chi connectivity index (χ3v) is 3.45. The van der Waals surface area contributed by atoms with E-state index in [-0.39, 0.29) is 5.56 Å². The molecular formula is C12H10BrNO2. The Hall–Kier alpha value is -1.42. The Morgan fingerprint density at radius 2 is 2.06 bits per heavy atom. The number of hydrogen-bond donors (Lipinski definition) is 1. The molecule has 0 aliphatic heterocycles. The van der Waals surface area contributed by atoms with Gasteiger partial charge in [0.2, 0.25) is 0 Å². The van der Waals surface area contributed by atoms with Crippen LogP contribution in [0.25, 0.3) is 10.9 Å². The molecule has 1 aromatic heterocycles. The molecule has 2 aromatic rings. The number of benzene rings is 1. The van der Waals surface area contributed by atoms with Crippen LogP contribution in [0.2, 0.25) is 0 Å². The fourth-order valence-corrected chi connectivity index (χ4v) is 1.99. The first-order valence-corrected chi connectivity index (χ1v) is 5.59. The zero-order valence-electron chi connectivity index (χ0n) is 8.91. The molecule has 0 spiro atoms. The second-order valence-electron chi connectivity index (χ2n) is 3.67. The standard InChI is InChI=1S/C12H10BrNO2/c1-6-10(13)4-3-8-5-9(12(15)16)7(2)14-11(6)8/h3-5H,1-2H3,(H,15,16). The molecule has 1 N–H and O–H groups in total. The van der Waals surface area contributed by atoms with Crippen molar-refractivity contribution in [3.8, 4) is 0 Å². The molecule has 0 bridgehead atoms. The van der Waals surface area contributed by atoms with E-state index in [2.05, 4.69) is 20.9 Å². The molecule has 0 aliphatic carbocycles. The molecule has 0 radical (unpaired) electrons. The topological polar surface area (TPSA) is 50.2 Å². The molecular weight excluding hydrogens is 270 g/mol. The minimum Gasteiger partial charge on any atom is -0.478 e. The highest BCUT2D eigenvalue weighted by Crippen LogP contribution is 2.25. The highest BCUT2D eigenvalue weighted by Gasteiger charge is 2.11. The second kappa shape index (κ2) is 3.87. The summed E-state index contributed by atoms with van der Waals surface area (Å²) >= 11 is 3.43. The molecule has 0 aliphatic rings. The van der Waals surface area contributed by atoms with Crippen LogP contribution in [0.3, 0.4) is 0 Å². The minimum atomic E-state index is -0.938. The van der Waals surface area contributed by atoms with Gasteiger partial charge in [0, 0.05) is 9.86 Å². The van der Waals surface area contributed by atoms with Crippen molar-refractivity contribution in [2.45, 2.75) is 13.8 Å². The van der Waals surface area contributed by atoms with Crippen LogP contribution in [0.15, 0.2) is 22.7 Å². The van der Waals surface area contributed by atoms with Gasteiger partial charge >= 0.3 is 5.97 Å². The fourth-order valence-electron chi connectivity index (χ4n) is 1.67. The number of rotatable bonds is 1. The molecule has 1 heterocycles. The number of aromatic carboxylic acids is 1. The van der Waals surface area contributed by atoms with E-state index < -0.39 is 5.97 Å². The molecule has 0 unspecified atom stereocenters. The van der Waals surface area contributed by atoms with Crippen molar-refractivity contribution in [3.63, 3.8) is 0 Å². The van der Waals surface area contributed by atoms with Gasteiger partial charge in [0.05, 0.1) is 16.8 Å². The van der Waals surface area contributed by atoms with Gasteiger partial charge in [-0.25, -0.2) is 4.79 Å². The van der Waals surface area contributed by atoms with Crippen LogP contribution in [0.1, 0.15) is 21.6 Å². The first kappa shape index (κ1) is 11.1. The smallest absolute Gasteiger partial charge is 0.337 e. The Labute approximate surface area is 101 Å². The largest absolute Gasteiger partial charge is 0.478 e. The van der Waals surface area contributed by atoms with E-state index in [1.807, 2.05) is 19.1 Å². The summed E-state index contributed by atoms with van der Waals surface area (Å²) in [4.78, 5) is 15.3. The van der Waals surface area contributed by atoms with Crippen LogP contribution in [0.4, 0.5) is 0 Å². The Balaban J connectivity index is 2.84. The summed E-state index contributed by atoms with van der Waals surface area (Å²) < 4.78 is 0.981. The maximum Gasteiger partial charge on any atom is 0.337 e. The quantitative estimate of drug-likeness (QED) is 0.871. The molecule has 1 aromatic carbocycles. The zero-order valence-corrected chi connectivity index (χ0v) is 10.5. The minimum absolute atomic E-state index is 0.259. The van der Waals surface area contributed by atoms with Gasteiger partial charge in [-0.1, -0.05) is 22.0 Å². The zero-order chi connectivity index (χ0) is 11.9. The first-order chi connectivity index (χ1) is 7.50. The summed E-state index contributed by atoms with van der Waals surface area (Å²) in [5.41, 5.74) is 2.67. The average Bonchev–Trinajstić information content (AvgIpc) is 2.23. The lowest BCUT2D eigenvalue weighted by atomic mass is 10.1. The number of carbonyl (C=O) groups is 1. The number of hydrogen-bond acceptors (Lipinski definition) is 2. The van der Waals surface area contributed by atoms with Gasteiger partial charge < -0.3 is 5.11 Å². The number of nitrogens with zero attached hydrogens (tertiary/aromatic N) is 1. The van der Waals surface area contributed by atoms with Gasteiger partial charge in [0.25, 0.3) is 0 Å². The number of carboxylic acids is 1. The van der Waals surface area contributed by atoms with Crippen molar-refractivity contribution in [2.75, 3.05) is 0 Å². The summed E-state index contributed by atoms with van der Waals surface area (Å²) in [5.74, 6) is -0.938.